The Morgan fingerprint density at radius 2 is 2.13 bits per heavy atom. The van der Waals surface area contributed by atoms with Gasteiger partial charge in [0.25, 0.3) is 0 Å². The zero-order valence-corrected chi connectivity index (χ0v) is 14.2. The maximum absolute atomic E-state index is 12.1. The summed E-state index contributed by atoms with van der Waals surface area (Å²) in [5.41, 5.74) is 3.42. The van der Waals surface area contributed by atoms with E-state index >= 15 is 0 Å². The largest absolute Gasteiger partial charge is 0.496 e. The van der Waals surface area contributed by atoms with E-state index in [0.717, 1.165) is 29.0 Å². The highest BCUT2D eigenvalue weighted by atomic mass is 16.5. The summed E-state index contributed by atoms with van der Waals surface area (Å²) in [5, 5.41) is 5.43. The number of hydrogen-bond donors (Lipinski definition) is 2. The Hall–Kier alpha value is -2.08. The van der Waals surface area contributed by atoms with Gasteiger partial charge in [-0.15, -0.1) is 0 Å². The number of nitrogens with zero attached hydrogens (tertiary/aromatic N) is 1. The van der Waals surface area contributed by atoms with Gasteiger partial charge in [0.2, 0.25) is 11.8 Å². The number of methoxy groups -OCH3 is 1. The second-order valence-corrected chi connectivity index (χ2v) is 5.83. The Labute approximate surface area is 137 Å². The standard InChI is InChI=1S/C17H25N3O3/c1-11-12(2)15(23-4)6-5-13(11)10-20-8-7-19-17(22)14(20)9-16(21)18-3/h5-6,14H,7-10H2,1-4H3,(H,18,21)(H,19,22)/t14-/m1/s1. The van der Waals surface area contributed by atoms with Crippen molar-refractivity contribution in [3.8, 4) is 5.75 Å². The third kappa shape index (κ3) is 3.82. The molecule has 1 fully saturated rings. The van der Waals surface area contributed by atoms with E-state index < -0.39 is 6.04 Å². The Kier molecular flexibility index (Phi) is 5.60. The van der Waals surface area contributed by atoms with Crippen LogP contribution in [-0.2, 0) is 16.1 Å². The molecule has 23 heavy (non-hydrogen) atoms. The molecule has 6 nitrogen and oxygen atoms in total. The van der Waals surface area contributed by atoms with Crippen molar-refractivity contribution in [3.05, 3.63) is 28.8 Å². The molecule has 1 aromatic rings. The van der Waals surface area contributed by atoms with Crippen LogP contribution in [0.5, 0.6) is 5.75 Å². The van der Waals surface area contributed by atoms with Gasteiger partial charge in [-0.2, -0.15) is 0 Å². The van der Waals surface area contributed by atoms with E-state index in [2.05, 4.69) is 22.5 Å². The summed E-state index contributed by atoms with van der Waals surface area (Å²) < 4.78 is 5.35. The Morgan fingerprint density at radius 1 is 1.39 bits per heavy atom. The van der Waals surface area contributed by atoms with Crippen LogP contribution in [0.1, 0.15) is 23.1 Å². The highest BCUT2D eigenvalue weighted by Crippen LogP contribution is 2.25. The molecule has 0 radical (unpaired) electrons. The summed E-state index contributed by atoms with van der Waals surface area (Å²) in [6.45, 7) is 6.08. The van der Waals surface area contributed by atoms with Crippen LogP contribution in [0.4, 0.5) is 0 Å². The Balaban J connectivity index is 2.20. The molecule has 0 aliphatic carbocycles. The molecule has 1 atom stereocenters. The molecular formula is C17H25N3O3. The van der Waals surface area contributed by atoms with Crippen molar-refractivity contribution in [3.63, 3.8) is 0 Å². The third-order valence-electron chi connectivity index (χ3n) is 4.54. The highest BCUT2D eigenvalue weighted by molar-refractivity contribution is 5.88. The monoisotopic (exact) mass is 319 g/mol. The molecule has 1 aromatic carbocycles. The minimum Gasteiger partial charge on any atom is -0.496 e. The van der Waals surface area contributed by atoms with Gasteiger partial charge in [0.05, 0.1) is 19.6 Å². The predicted octanol–water partition coefficient (Wildman–Crippen LogP) is 0.749. The fourth-order valence-electron chi connectivity index (χ4n) is 2.91. The smallest absolute Gasteiger partial charge is 0.237 e. The number of hydrogen-bond acceptors (Lipinski definition) is 4. The van der Waals surface area contributed by atoms with Crippen molar-refractivity contribution >= 4 is 11.8 Å². The molecule has 1 aliphatic rings. The summed E-state index contributed by atoms with van der Waals surface area (Å²) in [7, 11) is 3.25. The number of nitrogens with one attached hydrogen (secondary N) is 2. The van der Waals surface area contributed by atoms with E-state index in [9.17, 15) is 9.59 Å². The first-order valence-corrected chi connectivity index (χ1v) is 7.83. The lowest BCUT2D eigenvalue weighted by Gasteiger charge is -2.35. The first-order chi connectivity index (χ1) is 11.0. The van der Waals surface area contributed by atoms with Gasteiger partial charge < -0.3 is 15.4 Å². The number of ether oxygens (including phenoxy) is 1. The van der Waals surface area contributed by atoms with Gasteiger partial charge in [-0.05, 0) is 36.6 Å². The number of piperazine rings is 1. The average Bonchev–Trinajstić information content (AvgIpc) is 2.55. The molecule has 0 spiro atoms. The minimum absolute atomic E-state index is 0.0808. The predicted molar refractivity (Wildman–Crippen MR) is 88.4 cm³/mol. The van der Waals surface area contributed by atoms with Crippen LogP contribution < -0.4 is 15.4 Å². The van der Waals surface area contributed by atoms with E-state index in [1.54, 1.807) is 14.2 Å². The van der Waals surface area contributed by atoms with Crippen molar-refractivity contribution in [2.75, 3.05) is 27.2 Å². The zero-order chi connectivity index (χ0) is 17.0. The van der Waals surface area contributed by atoms with Crippen molar-refractivity contribution in [1.29, 1.82) is 0 Å². The first-order valence-electron chi connectivity index (χ1n) is 7.83. The van der Waals surface area contributed by atoms with Crippen molar-refractivity contribution in [2.45, 2.75) is 32.9 Å². The lowest BCUT2D eigenvalue weighted by Crippen LogP contribution is -2.56. The lowest BCUT2D eigenvalue weighted by atomic mass is 10.00. The van der Waals surface area contributed by atoms with Gasteiger partial charge in [0.15, 0.2) is 0 Å². The number of amides is 2. The summed E-state index contributed by atoms with van der Waals surface area (Å²) in [5.74, 6) is 0.659. The molecule has 2 N–H and O–H groups in total. The van der Waals surface area contributed by atoms with E-state index in [0.29, 0.717) is 13.1 Å². The molecule has 0 saturated carbocycles. The van der Waals surface area contributed by atoms with Crippen molar-refractivity contribution in [1.82, 2.24) is 15.5 Å². The molecule has 1 saturated heterocycles. The maximum atomic E-state index is 12.1. The topological polar surface area (TPSA) is 70.7 Å². The maximum Gasteiger partial charge on any atom is 0.237 e. The number of carbonyl (C=O) groups is 2. The van der Waals surface area contributed by atoms with Gasteiger partial charge in [0.1, 0.15) is 5.75 Å². The summed E-state index contributed by atoms with van der Waals surface area (Å²) in [6, 6.07) is 3.56. The molecule has 2 amide bonds. The van der Waals surface area contributed by atoms with Crippen LogP contribution >= 0.6 is 0 Å². The quantitative estimate of drug-likeness (QED) is 0.840. The van der Waals surface area contributed by atoms with Gasteiger partial charge in [0, 0.05) is 26.7 Å². The number of benzene rings is 1. The molecule has 1 heterocycles. The van der Waals surface area contributed by atoms with Crippen LogP contribution in [0.15, 0.2) is 12.1 Å². The second-order valence-electron chi connectivity index (χ2n) is 5.83. The van der Waals surface area contributed by atoms with Crippen LogP contribution in [0, 0.1) is 13.8 Å². The summed E-state index contributed by atoms with van der Waals surface area (Å²) >= 11 is 0. The zero-order valence-electron chi connectivity index (χ0n) is 14.2. The second kappa shape index (κ2) is 7.46. The Bertz CT molecular complexity index is 601. The van der Waals surface area contributed by atoms with Crippen LogP contribution in [0.2, 0.25) is 0 Å². The van der Waals surface area contributed by atoms with Gasteiger partial charge in [-0.1, -0.05) is 6.07 Å². The van der Waals surface area contributed by atoms with Gasteiger partial charge >= 0.3 is 0 Å². The SMILES string of the molecule is CNC(=O)C[C@@H]1C(=O)NCCN1Cc1ccc(OC)c(C)c1C. The van der Waals surface area contributed by atoms with Crippen molar-refractivity contribution in [2.24, 2.45) is 0 Å². The highest BCUT2D eigenvalue weighted by Gasteiger charge is 2.31. The molecule has 1 aliphatic heterocycles. The van der Waals surface area contributed by atoms with E-state index in [-0.39, 0.29) is 18.2 Å². The number of rotatable bonds is 5. The minimum atomic E-state index is -0.425. The molecule has 0 bridgehead atoms. The van der Waals surface area contributed by atoms with Gasteiger partial charge in [-0.3, -0.25) is 14.5 Å². The first kappa shape index (κ1) is 17.3. The van der Waals surface area contributed by atoms with E-state index in [4.69, 9.17) is 4.74 Å². The molecule has 2 rings (SSSR count). The average molecular weight is 319 g/mol. The van der Waals surface area contributed by atoms with Crippen LogP contribution in [-0.4, -0.2) is 50.0 Å². The molecular weight excluding hydrogens is 294 g/mol. The number of carbonyl (C=O) groups excluding carboxylic acids is 2. The fourth-order valence-corrected chi connectivity index (χ4v) is 2.91. The third-order valence-corrected chi connectivity index (χ3v) is 4.54. The van der Waals surface area contributed by atoms with E-state index in [1.165, 1.54) is 0 Å². The van der Waals surface area contributed by atoms with E-state index in [1.807, 2.05) is 19.1 Å². The molecule has 0 aromatic heterocycles. The molecule has 126 valence electrons. The molecule has 0 unspecified atom stereocenters. The fraction of sp³-hybridized carbons (Fsp3) is 0.529. The summed E-state index contributed by atoms with van der Waals surface area (Å²) in [6.07, 6.45) is 0.177. The summed E-state index contributed by atoms with van der Waals surface area (Å²) in [4.78, 5) is 25.9. The lowest BCUT2D eigenvalue weighted by molar-refractivity contribution is -0.134. The van der Waals surface area contributed by atoms with Crippen molar-refractivity contribution < 1.29 is 14.3 Å². The van der Waals surface area contributed by atoms with Crippen LogP contribution in [0.3, 0.4) is 0 Å². The Morgan fingerprint density at radius 3 is 2.78 bits per heavy atom. The van der Waals surface area contributed by atoms with Gasteiger partial charge in [-0.25, -0.2) is 0 Å². The van der Waals surface area contributed by atoms with Crippen LogP contribution in [0.25, 0.3) is 0 Å². The normalized spacial score (nSPS) is 18.4. The molecule has 6 heteroatoms.